The van der Waals surface area contributed by atoms with Crippen molar-refractivity contribution in [2.75, 3.05) is 7.11 Å². The van der Waals surface area contributed by atoms with E-state index in [4.69, 9.17) is 4.74 Å². The number of nitrogens with zero attached hydrogens (tertiary/aromatic N) is 2. The first-order valence-corrected chi connectivity index (χ1v) is 7.92. The lowest BCUT2D eigenvalue weighted by atomic mass is 9.83. The second-order valence-corrected chi connectivity index (χ2v) is 6.68. The van der Waals surface area contributed by atoms with Crippen molar-refractivity contribution in [3.05, 3.63) is 64.0 Å². The van der Waals surface area contributed by atoms with E-state index in [0.29, 0.717) is 5.92 Å². The highest BCUT2D eigenvalue weighted by molar-refractivity contribution is 5.85. The Bertz CT molecular complexity index is 757. The Labute approximate surface area is 165 Å². The number of ether oxygens (including phenoxy) is 1. The van der Waals surface area contributed by atoms with Crippen LogP contribution in [-0.4, -0.2) is 22.6 Å². The zero-order valence-electron chi connectivity index (χ0n) is 14.8. The summed E-state index contributed by atoms with van der Waals surface area (Å²) in [5, 5.41) is 14.9. The highest BCUT2D eigenvalue weighted by atomic mass is 35.5. The number of methoxy groups -OCH3 is 1. The van der Waals surface area contributed by atoms with Crippen LogP contribution in [0.2, 0.25) is 0 Å². The van der Waals surface area contributed by atoms with E-state index in [1.54, 1.807) is 24.5 Å². The lowest BCUT2D eigenvalue weighted by Crippen LogP contribution is -2.37. The summed E-state index contributed by atoms with van der Waals surface area (Å²) in [4.78, 5) is 14.9. The first kappa shape index (κ1) is 22.2. The normalized spacial score (nSPS) is 20.6. The second kappa shape index (κ2) is 8.66. The molecule has 2 aromatic rings. The van der Waals surface area contributed by atoms with Gasteiger partial charge in [-0.15, -0.1) is 24.8 Å². The van der Waals surface area contributed by atoms with E-state index >= 15 is 0 Å². The third kappa shape index (κ3) is 4.26. The smallest absolute Gasteiger partial charge is 0.311 e. The molecule has 2 heterocycles. The topological polar surface area (TPSA) is 77.3 Å². The van der Waals surface area contributed by atoms with Crippen molar-refractivity contribution in [2.45, 2.75) is 37.8 Å². The molecule has 6 nitrogen and oxygen atoms in total. The summed E-state index contributed by atoms with van der Waals surface area (Å²) in [5.74, 6) is 0.596. The van der Waals surface area contributed by atoms with Gasteiger partial charge in [0.2, 0.25) is 0 Å². The number of rotatable bonds is 4. The molecule has 0 amide bonds. The fraction of sp³-hybridized carbons (Fsp3) is 0.389. The van der Waals surface area contributed by atoms with Crippen molar-refractivity contribution in [1.29, 1.82) is 0 Å². The van der Waals surface area contributed by atoms with Gasteiger partial charge in [0.25, 0.3) is 0 Å². The number of benzene rings is 1. The Morgan fingerprint density at radius 1 is 1.19 bits per heavy atom. The van der Waals surface area contributed by atoms with Gasteiger partial charge in [-0.25, -0.2) is 0 Å². The maximum Gasteiger partial charge on any atom is 0.311 e. The number of nitro groups is 1. The van der Waals surface area contributed by atoms with Crippen molar-refractivity contribution in [3.8, 4) is 5.75 Å². The zero-order valence-corrected chi connectivity index (χ0v) is 16.5. The lowest BCUT2D eigenvalue weighted by molar-refractivity contribution is -0.385. The van der Waals surface area contributed by atoms with Crippen LogP contribution in [0.4, 0.5) is 5.69 Å². The molecule has 0 spiro atoms. The Morgan fingerprint density at radius 2 is 1.85 bits per heavy atom. The molecule has 142 valence electrons. The molecule has 26 heavy (non-hydrogen) atoms. The molecule has 2 atom stereocenters. The van der Waals surface area contributed by atoms with Gasteiger partial charge in [-0.3, -0.25) is 15.1 Å². The molecule has 0 aliphatic carbocycles. The minimum Gasteiger partial charge on any atom is -0.490 e. The molecule has 0 bridgehead atoms. The summed E-state index contributed by atoms with van der Waals surface area (Å²) >= 11 is 0. The van der Waals surface area contributed by atoms with Gasteiger partial charge < -0.3 is 10.1 Å². The molecule has 1 aromatic heterocycles. The summed E-state index contributed by atoms with van der Waals surface area (Å²) in [6.07, 6.45) is 4.48. The van der Waals surface area contributed by atoms with Crippen LogP contribution >= 0.6 is 24.8 Å². The molecular formula is C18H23Cl2N3O3. The van der Waals surface area contributed by atoms with Gasteiger partial charge in [-0.1, -0.05) is 6.07 Å². The van der Waals surface area contributed by atoms with Crippen LogP contribution in [0.1, 0.15) is 43.4 Å². The standard InChI is InChI=1S/C18H21N3O3.2ClH/c1-18(2)14(12-6-8-19-9-7-12)11-15(20-18)13-4-5-17(24-3)16(10-13)21(22)23;;/h4-10,14-15,20H,11H2,1-3H3;2*1H. The van der Waals surface area contributed by atoms with E-state index in [0.717, 1.165) is 12.0 Å². The van der Waals surface area contributed by atoms with Gasteiger partial charge in [0.05, 0.1) is 12.0 Å². The molecule has 3 rings (SSSR count). The van der Waals surface area contributed by atoms with Crippen LogP contribution < -0.4 is 10.1 Å². The molecule has 1 N–H and O–H groups in total. The molecule has 1 aliphatic rings. The van der Waals surface area contributed by atoms with E-state index in [1.807, 2.05) is 18.2 Å². The van der Waals surface area contributed by atoms with Gasteiger partial charge >= 0.3 is 5.69 Å². The Balaban J connectivity index is 0.00000169. The van der Waals surface area contributed by atoms with Crippen LogP contribution in [-0.2, 0) is 0 Å². The molecule has 1 aromatic carbocycles. The van der Waals surface area contributed by atoms with Gasteiger partial charge in [-0.2, -0.15) is 0 Å². The molecule has 1 saturated heterocycles. The highest BCUT2D eigenvalue weighted by Crippen LogP contribution is 2.44. The van der Waals surface area contributed by atoms with Crippen LogP contribution in [0, 0.1) is 10.1 Å². The van der Waals surface area contributed by atoms with Gasteiger partial charge in [0.1, 0.15) is 0 Å². The lowest BCUT2D eigenvalue weighted by Gasteiger charge is -2.27. The molecule has 0 saturated carbocycles. The van der Waals surface area contributed by atoms with E-state index in [-0.39, 0.29) is 47.8 Å². The van der Waals surface area contributed by atoms with E-state index in [9.17, 15) is 10.1 Å². The number of nitrogens with one attached hydrogen (secondary N) is 1. The minimum atomic E-state index is -0.400. The summed E-state index contributed by atoms with van der Waals surface area (Å²) in [6.45, 7) is 4.33. The minimum absolute atomic E-state index is 0. The van der Waals surface area contributed by atoms with Crippen LogP contribution in [0.3, 0.4) is 0 Å². The quantitative estimate of drug-likeness (QED) is 0.607. The number of halogens is 2. The van der Waals surface area contributed by atoms with E-state index in [1.165, 1.54) is 12.7 Å². The summed E-state index contributed by atoms with van der Waals surface area (Å²) in [6, 6.07) is 9.31. The zero-order chi connectivity index (χ0) is 17.3. The van der Waals surface area contributed by atoms with Crippen molar-refractivity contribution in [2.24, 2.45) is 0 Å². The van der Waals surface area contributed by atoms with Crippen LogP contribution in [0.25, 0.3) is 0 Å². The fourth-order valence-corrected chi connectivity index (χ4v) is 3.57. The SMILES string of the molecule is COc1ccc(C2CC(c3ccncc3)C(C)(C)N2)cc1[N+](=O)[O-].Cl.Cl. The predicted octanol–water partition coefficient (Wildman–Crippen LogP) is 4.44. The number of hydrogen-bond donors (Lipinski definition) is 1. The van der Waals surface area contributed by atoms with Gasteiger partial charge in [0.15, 0.2) is 5.75 Å². The maximum atomic E-state index is 11.3. The average Bonchev–Trinajstić information content (AvgIpc) is 2.90. The van der Waals surface area contributed by atoms with E-state index in [2.05, 4.69) is 24.1 Å². The van der Waals surface area contributed by atoms with Crippen molar-refractivity contribution < 1.29 is 9.66 Å². The molecule has 2 unspecified atom stereocenters. The molecular weight excluding hydrogens is 377 g/mol. The molecule has 1 fully saturated rings. The fourth-order valence-electron chi connectivity index (χ4n) is 3.57. The maximum absolute atomic E-state index is 11.3. The third-order valence-corrected chi connectivity index (χ3v) is 4.80. The van der Waals surface area contributed by atoms with Gasteiger partial charge in [-0.05, 0) is 49.6 Å². The van der Waals surface area contributed by atoms with E-state index < -0.39 is 4.92 Å². The first-order valence-electron chi connectivity index (χ1n) is 7.92. The number of hydrogen-bond acceptors (Lipinski definition) is 5. The highest BCUT2D eigenvalue weighted by Gasteiger charge is 2.41. The number of aromatic nitrogens is 1. The van der Waals surface area contributed by atoms with Crippen LogP contribution in [0.15, 0.2) is 42.7 Å². The van der Waals surface area contributed by atoms with Gasteiger partial charge in [0, 0.05) is 36.0 Å². The molecule has 8 heteroatoms. The summed E-state index contributed by atoms with van der Waals surface area (Å²) in [7, 11) is 1.44. The monoisotopic (exact) mass is 399 g/mol. The Morgan fingerprint density at radius 3 is 2.42 bits per heavy atom. The molecule has 1 aliphatic heterocycles. The summed E-state index contributed by atoms with van der Waals surface area (Å²) < 4.78 is 5.09. The molecule has 0 radical (unpaired) electrons. The largest absolute Gasteiger partial charge is 0.490 e. The van der Waals surface area contributed by atoms with Crippen LogP contribution in [0.5, 0.6) is 5.75 Å². The predicted molar refractivity (Wildman–Crippen MR) is 106 cm³/mol. The summed E-state index contributed by atoms with van der Waals surface area (Å²) in [5.41, 5.74) is 2.03. The third-order valence-electron chi connectivity index (χ3n) is 4.80. The average molecular weight is 400 g/mol. The first-order chi connectivity index (χ1) is 11.4. The second-order valence-electron chi connectivity index (χ2n) is 6.68. The number of nitro benzene ring substituents is 1. The van der Waals surface area contributed by atoms with Crippen molar-refractivity contribution >= 4 is 30.5 Å². The Kier molecular flexibility index (Phi) is 7.38. The Hall–Kier alpha value is -1.89. The van der Waals surface area contributed by atoms with Crippen molar-refractivity contribution in [3.63, 3.8) is 0 Å². The van der Waals surface area contributed by atoms with Crippen molar-refractivity contribution in [1.82, 2.24) is 10.3 Å². The number of pyridine rings is 1.